The van der Waals surface area contributed by atoms with E-state index in [0.717, 1.165) is 18.5 Å². The number of methoxy groups -OCH3 is 1. The maximum Gasteiger partial charge on any atom is 0.331 e. The van der Waals surface area contributed by atoms with E-state index in [0.29, 0.717) is 0 Å². The Morgan fingerprint density at radius 1 is 1.37 bits per heavy atom. The zero-order valence-electron chi connectivity index (χ0n) is 11.7. The second-order valence-electron chi connectivity index (χ2n) is 5.07. The van der Waals surface area contributed by atoms with E-state index < -0.39 is 6.04 Å². The number of carbonyl (C=O) groups is 1. The number of benzene rings is 1. The average molecular weight is 263 g/mol. The van der Waals surface area contributed by atoms with Crippen LogP contribution < -0.4 is 5.32 Å². The Hall–Kier alpha value is -1.55. The molecule has 3 unspecified atom stereocenters. The second kappa shape index (κ2) is 6.06. The highest BCUT2D eigenvalue weighted by atomic mass is 16.5. The van der Waals surface area contributed by atoms with Crippen LogP contribution in [0.4, 0.5) is 5.69 Å². The van der Waals surface area contributed by atoms with E-state index >= 15 is 0 Å². The van der Waals surface area contributed by atoms with Crippen LogP contribution in [0, 0.1) is 6.92 Å². The lowest BCUT2D eigenvalue weighted by Gasteiger charge is -2.23. The van der Waals surface area contributed by atoms with Crippen molar-refractivity contribution in [1.29, 1.82) is 0 Å². The Balaban J connectivity index is 2.09. The number of hydrogen-bond donors (Lipinski definition) is 1. The van der Waals surface area contributed by atoms with Crippen molar-refractivity contribution in [2.45, 2.75) is 44.9 Å². The van der Waals surface area contributed by atoms with Gasteiger partial charge in [0.25, 0.3) is 0 Å². The molecule has 0 radical (unpaired) electrons. The monoisotopic (exact) mass is 263 g/mol. The molecule has 0 spiro atoms. The third kappa shape index (κ3) is 3.47. The molecule has 3 atom stereocenters. The number of esters is 1. The van der Waals surface area contributed by atoms with Crippen molar-refractivity contribution in [2.24, 2.45) is 0 Å². The smallest absolute Gasteiger partial charge is 0.331 e. The number of rotatable bonds is 4. The van der Waals surface area contributed by atoms with Gasteiger partial charge in [0, 0.05) is 5.69 Å². The molecule has 1 aromatic rings. The molecule has 2 rings (SSSR count). The minimum absolute atomic E-state index is 0.122. The zero-order chi connectivity index (χ0) is 13.8. The van der Waals surface area contributed by atoms with E-state index in [2.05, 4.69) is 5.32 Å². The van der Waals surface area contributed by atoms with Crippen LogP contribution in [0.3, 0.4) is 0 Å². The quantitative estimate of drug-likeness (QED) is 0.848. The number of aryl methyl sites for hydroxylation is 1. The standard InChI is InChI=1S/C15H21NO3/c1-10-4-7-12(8-5-10)16-14(15(17)18-3)13-9-6-11(2)19-13/h4-5,7-8,11,13-14,16H,6,9H2,1-3H3. The van der Waals surface area contributed by atoms with Crippen molar-refractivity contribution < 1.29 is 14.3 Å². The Morgan fingerprint density at radius 2 is 2.05 bits per heavy atom. The van der Waals surface area contributed by atoms with Crippen LogP contribution in [0.2, 0.25) is 0 Å². The van der Waals surface area contributed by atoms with Crippen LogP contribution in [0.25, 0.3) is 0 Å². The maximum absolute atomic E-state index is 11.9. The Morgan fingerprint density at radius 3 is 2.58 bits per heavy atom. The van der Waals surface area contributed by atoms with E-state index in [1.165, 1.54) is 12.7 Å². The first-order valence-electron chi connectivity index (χ1n) is 6.66. The molecule has 1 N–H and O–H groups in total. The highest BCUT2D eigenvalue weighted by Gasteiger charge is 2.35. The molecule has 0 saturated carbocycles. The van der Waals surface area contributed by atoms with Gasteiger partial charge in [0.1, 0.15) is 0 Å². The summed E-state index contributed by atoms with van der Waals surface area (Å²) in [4.78, 5) is 11.9. The molecule has 0 aliphatic carbocycles. The molecule has 104 valence electrons. The lowest BCUT2D eigenvalue weighted by Crippen LogP contribution is -2.41. The highest BCUT2D eigenvalue weighted by molar-refractivity contribution is 5.80. The van der Waals surface area contributed by atoms with Gasteiger partial charge in [-0.1, -0.05) is 17.7 Å². The number of anilines is 1. The summed E-state index contributed by atoms with van der Waals surface area (Å²) in [6, 6.07) is 7.49. The molecule has 4 nitrogen and oxygen atoms in total. The molecule has 1 aliphatic rings. The predicted octanol–water partition coefficient (Wildman–Crippen LogP) is 2.52. The topological polar surface area (TPSA) is 47.6 Å². The first kappa shape index (κ1) is 13.9. The van der Waals surface area contributed by atoms with Crippen LogP contribution in [0.15, 0.2) is 24.3 Å². The van der Waals surface area contributed by atoms with Gasteiger partial charge in [-0.05, 0) is 38.8 Å². The fourth-order valence-corrected chi connectivity index (χ4v) is 2.34. The molecule has 0 bridgehead atoms. The third-order valence-corrected chi connectivity index (χ3v) is 3.47. The van der Waals surface area contributed by atoms with Gasteiger partial charge in [-0.3, -0.25) is 0 Å². The SMILES string of the molecule is COC(=O)C(Nc1ccc(C)cc1)C1CCC(C)O1. The molecule has 1 heterocycles. The minimum Gasteiger partial charge on any atom is -0.467 e. The summed E-state index contributed by atoms with van der Waals surface area (Å²) in [5, 5.41) is 3.22. The minimum atomic E-state index is -0.447. The summed E-state index contributed by atoms with van der Waals surface area (Å²) in [7, 11) is 1.41. The fraction of sp³-hybridized carbons (Fsp3) is 0.533. The van der Waals surface area contributed by atoms with Crippen molar-refractivity contribution in [3.05, 3.63) is 29.8 Å². The van der Waals surface area contributed by atoms with Crippen LogP contribution in [-0.4, -0.2) is 31.3 Å². The molecule has 4 heteroatoms. The van der Waals surface area contributed by atoms with Crippen LogP contribution in [-0.2, 0) is 14.3 Å². The second-order valence-corrected chi connectivity index (χ2v) is 5.07. The molecule has 1 aliphatic heterocycles. The Bertz CT molecular complexity index is 430. The van der Waals surface area contributed by atoms with Crippen LogP contribution in [0.5, 0.6) is 0 Å². The summed E-state index contributed by atoms with van der Waals surface area (Å²) >= 11 is 0. The molecule has 1 fully saturated rings. The van der Waals surface area contributed by atoms with Crippen molar-refractivity contribution >= 4 is 11.7 Å². The molecule has 0 aromatic heterocycles. The first-order valence-corrected chi connectivity index (χ1v) is 6.66. The predicted molar refractivity (Wildman–Crippen MR) is 74.2 cm³/mol. The van der Waals surface area contributed by atoms with Gasteiger partial charge in [-0.2, -0.15) is 0 Å². The average Bonchev–Trinajstić information content (AvgIpc) is 2.83. The zero-order valence-corrected chi connectivity index (χ0v) is 11.7. The van der Waals surface area contributed by atoms with E-state index in [4.69, 9.17) is 9.47 Å². The normalized spacial score (nSPS) is 23.9. The van der Waals surface area contributed by atoms with Gasteiger partial charge in [-0.15, -0.1) is 0 Å². The highest BCUT2D eigenvalue weighted by Crippen LogP contribution is 2.24. The maximum atomic E-state index is 11.9. The number of nitrogens with one attached hydrogen (secondary N) is 1. The van der Waals surface area contributed by atoms with E-state index in [1.54, 1.807) is 0 Å². The molecular formula is C15H21NO3. The van der Waals surface area contributed by atoms with Gasteiger partial charge in [0.2, 0.25) is 0 Å². The number of ether oxygens (including phenoxy) is 2. The fourth-order valence-electron chi connectivity index (χ4n) is 2.34. The first-order chi connectivity index (χ1) is 9.10. The molecule has 1 saturated heterocycles. The Kier molecular flexibility index (Phi) is 4.43. The molecular weight excluding hydrogens is 242 g/mol. The van der Waals surface area contributed by atoms with Gasteiger partial charge in [-0.25, -0.2) is 4.79 Å². The van der Waals surface area contributed by atoms with E-state index in [-0.39, 0.29) is 18.2 Å². The van der Waals surface area contributed by atoms with Crippen molar-refractivity contribution in [1.82, 2.24) is 0 Å². The van der Waals surface area contributed by atoms with Gasteiger partial charge >= 0.3 is 5.97 Å². The van der Waals surface area contributed by atoms with Crippen LogP contribution >= 0.6 is 0 Å². The number of hydrogen-bond acceptors (Lipinski definition) is 4. The number of carbonyl (C=O) groups excluding carboxylic acids is 1. The van der Waals surface area contributed by atoms with Crippen molar-refractivity contribution in [3.8, 4) is 0 Å². The summed E-state index contributed by atoms with van der Waals surface area (Å²) < 4.78 is 10.7. The van der Waals surface area contributed by atoms with Gasteiger partial charge < -0.3 is 14.8 Å². The van der Waals surface area contributed by atoms with Crippen LogP contribution in [0.1, 0.15) is 25.3 Å². The lowest BCUT2D eigenvalue weighted by atomic mass is 10.1. The summed E-state index contributed by atoms with van der Waals surface area (Å²) in [6.07, 6.45) is 1.94. The molecule has 19 heavy (non-hydrogen) atoms. The molecule has 1 aromatic carbocycles. The summed E-state index contributed by atoms with van der Waals surface area (Å²) in [6.45, 7) is 4.06. The van der Waals surface area contributed by atoms with E-state index in [9.17, 15) is 4.79 Å². The van der Waals surface area contributed by atoms with Crippen molar-refractivity contribution in [3.63, 3.8) is 0 Å². The lowest BCUT2D eigenvalue weighted by molar-refractivity contribution is -0.144. The third-order valence-electron chi connectivity index (χ3n) is 3.47. The summed E-state index contributed by atoms with van der Waals surface area (Å²) in [5.74, 6) is -0.278. The van der Waals surface area contributed by atoms with Crippen molar-refractivity contribution in [2.75, 3.05) is 12.4 Å². The molecule has 0 amide bonds. The largest absolute Gasteiger partial charge is 0.467 e. The Labute approximate surface area is 114 Å². The van der Waals surface area contributed by atoms with E-state index in [1.807, 2.05) is 38.1 Å². The van der Waals surface area contributed by atoms with Gasteiger partial charge in [0.15, 0.2) is 6.04 Å². The van der Waals surface area contributed by atoms with Gasteiger partial charge in [0.05, 0.1) is 19.3 Å². The summed E-state index contributed by atoms with van der Waals surface area (Å²) in [5.41, 5.74) is 2.09.